The van der Waals surface area contributed by atoms with E-state index in [9.17, 15) is 0 Å². The summed E-state index contributed by atoms with van der Waals surface area (Å²) < 4.78 is 5.42. The molecular formula is C15H31N3OS. The van der Waals surface area contributed by atoms with Crippen molar-refractivity contribution in [2.24, 2.45) is 10.9 Å². The van der Waals surface area contributed by atoms with Crippen LogP contribution in [-0.4, -0.2) is 62.3 Å². The Balaban J connectivity index is 2.39. The van der Waals surface area contributed by atoms with E-state index in [1.165, 1.54) is 19.3 Å². The fraction of sp³-hybridized carbons (Fsp3) is 0.933. The quantitative estimate of drug-likeness (QED) is 0.579. The van der Waals surface area contributed by atoms with Crippen LogP contribution in [0.1, 0.15) is 33.1 Å². The average molecular weight is 302 g/mol. The Morgan fingerprint density at radius 1 is 1.45 bits per heavy atom. The lowest BCUT2D eigenvalue weighted by Gasteiger charge is -2.27. The van der Waals surface area contributed by atoms with Crippen LogP contribution in [-0.2, 0) is 4.74 Å². The number of hydrogen-bond donors (Lipinski definition) is 1. The van der Waals surface area contributed by atoms with Crippen LogP contribution in [0.25, 0.3) is 0 Å². The van der Waals surface area contributed by atoms with E-state index in [0.29, 0.717) is 5.25 Å². The molecule has 0 aromatic heterocycles. The number of guanidine groups is 1. The van der Waals surface area contributed by atoms with Crippen LogP contribution >= 0.6 is 11.8 Å². The van der Waals surface area contributed by atoms with Gasteiger partial charge in [-0.2, -0.15) is 11.8 Å². The van der Waals surface area contributed by atoms with Crippen LogP contribution in [0.15, 0.2) is 4.99 Å². The molecule has 1 atom stereocenters. The van der Waals surface area contributed by atoms with E-state index in [1.54, 1.807) is 0 Å². The monoisotopic (exact) mass is 301 g/mol. The lowest BCUT2D eigenvalue weighted by atomic mass is 9.96. The number of ether oxygens (including phenoxy) is 1. The summed E-state index contributed by atoms with van der Waals surface area (Å²) in [5.74, 6) is 1.86. The Kier molecular flexibility index (Phi) is 9.10. The third-order valence-electron chi connectivity index (χ3n) is 3.81. The third kappa shape index (κ3) is 6.84. The molecule has 5 heteroatoms. The van der Waals surface area contributed by atoms with Gasteiger partial charge in [-0.3, -0.25) is 4.99 Å². The minimum Gasteiger partial charge on any atom is -0.381 e. The van der Waals surface area contributed by atoms with Crippen molar-refractivity contribution in [3.63, 3.8) is 0 Å². The van der Waals surface area contributed by atoms with E-state index in [4.69, 9.17) is 9.73 Å². The molecule has 0 spiro atoms. The maximum atomic E-state index is 5.42. The van der Waals surface area contributed by atoms with Crippen LogP contribution in [0.5, 0.6) is 0 Å². The Labute approximate surface area is 128 Å². The fourth-order valence-electron chi connectivity index (χ4n) is 2.28. The van der Waals surface area contributed by atoms with Crippen LogP contribution in [0.4, 0.5) is 0 Å². The molecule has 0 amide bonds. The minimum absolute atomic E-state index is 0.576. The molecule has 0 aliphatic carbocycles. The molecule has 1 heterocycles. The summed E-state index contributed by atoms with van der Waals surface area (Å²) in [4.78, 5) is 7.00. The van der Waals surface area contributed by atoms with Gasteiger partial charge in [0, 0.05) is 38.6 Å². The number of thioether (sulfide) groups is 1. The highest BCUT2D eigenvalue weighted by atomic mass is 32.2. The highest BCUT2D eigenvalue weighted by Gasteiger charge is 2.15. The lowest BCUT2D eigenvalue weighted by molar-refractivity contribution is 0.0625. The van der Waals surface area contributed by atoms with Crippen molar-refractivity contribution in [1.29, 1.82) is 0 Å². The predicted molar refractivity (Wildman–Crippen MR) is 89.7 cm³/mol. The van der Waals surface area contributed by atoms with Crippen molar-refractivity contribution in [2.75, 3.05) is 46.2 Å². The molecule has 1 fully saturated rings. The molecule has 0 radical (unpaired) electrons. The number of nitrogens with zero attached hydrogens (tertiary/aromatic N) is 2. The normalized spacial score (nSPS) is 18.9. The Morgan fingerprint density at radius 2 is 2.15 bits per heavy atom. The van der Waals surface area contributed by atoms with Gasteiger partial charge in [-0.1, -0.05) is 6.92 Å². The second-order valence-corrected chi connectivity index (χ2v) is 6.78. The topological polar surface area (TPSA) is 36.9 Å². The maximum absolute atomic E-state index is 5.42. The molecular weight excluding hydrogens is 270 g/mol. The summed E-state index contributed by atoms with van der Waals surface area (Å²) in [6, 6.07) is 0. The predicted octanol–water partition coefficient (Wildman–Crippen LogP) is 2.45. The van der Waals surface area contributed by atoms with Crippen LogP contribution in [0.3, 0.4) is 0 Å². The summed E-state index contributed by atoms with van der Waals surface area (Å²) in [7, 11) is 2.14. The maximum Gasteiger partial charge on any atom is 0.193 e. The van der Waals surface area contributed by atoms with Gasteiger partial charge in [0.2, 0.25) is 0 Å². The fourth-order valence-corrected chi connectivity index (χ4v) is 2.50. The molecule has 118 valence electrons. The van der Waals surface area contributed by atoms with E-state index >= 15 is 0 Å². The van der Waals surface area contributed by atoms with Gasteiger partial charge in [0.25, 0.3) is 0 Å². The van der Waals surface area contributed by atoms with Crippen molar-refractivity contribution in [2.45, 2.75) is 38.4 Å². The third-order valence-corrected chi connectivity index (χ3v) is 4.76. The summed E-state index contributed by atoms with van der Waals surface area (Å²) in [6.45, 7) is 9.10. The van der Waals surface area contributed by atoms with E-state index in [-0.39, 0.29) is 0 Å². The van der Waals surface area contributed by atoms with Gasteiger partial charge in [0.15, 0.2) is 5.96 Å². The van der Waals surface area contributed by atoms with E-state index in [2.05, 4.69) is 37.4 Å². The second kappa shape index (κ2) is 10.3. The molecule has 4 nitrogen and oxygen atoms in total. The molecule has 1 saturated heterocycles. The highest BCUT2D eigenvalue weighted by molar-refractivity contribution is 7.99. The van der Waals surface area contributed by atoms with E-state index in [1.807, 2.05) is 11.8 Å². The van der Waals surface area contributed by atoms with Gasteiger partial charge in [0.1, 0.15) is 0 Å². The molecule has 0 bridgehead atoms. The standard InChI is InChI=1S/C15H31N3OS/c1-5-16-15(17-12-13(2)20-4)18(3)9-6-14-7-10-19-11-8-14/h13-14H,5-12H2,1-4H3,(H,16,17). The molecule has 1 N–H and O–H groups in total. The number of rotatable bonds is 7. The van der Waals surface area contributed by atoms with Gasteiger partial charge in [0.05, 0.1) is 6.54 Å². The molecule has 1 aliphatic heterocycles. The lowest BCUT2D eigenvalue weighted by Crippen LogP contribution is -2.40. The zero-order chi connectivity index (χ0) is 14.8. The number of aliphatic imine (C=N–C) groups is 1. The van der Waals surface area contributed by atoms with Gasteiger partial charge in [-0.05, 0) is 38.4 Å². The first kappa shape index (κ1) is 17.6. The summed E-state index contributed by atoms with van der Waals surface area (Å²) in [6.07, 6.45) is 5.81. The Hall–Kier alpha value is -0.420. The highest BCUT2D eigenvalue weighted by Crippen LogP contribution is 2.18. The summed E-state index contributed by atoms with van der Waals surface area (Å²) in [5, 5.41) is 3.97. The molecule has 0 saturated carbocycles. The first-order chi connectivity index (χ1) is 9.67. The molecule has 1 unspecified atom stereocenters. The van der Waals surface area contributed by atoms with E-state index in [0.717, 1.165) is 44.7 Å². The van der Waals surface area contributed by atoms with Gasteiger partial charge in [-0.15, -0.1) is 0 Å². The number of nitrogens with one attached hydrogen (secondary N) is 1. The van der Waals surface area contributed by atoms with Gasteiger partial charge >= 0.3 is 0 Å². The van der Waals surface area contributed by atoms with E-state index < -0.39 is 0 Å². The van der Waals surface area contributed by atoms with Crippen molar-refractivity contribution in [3.8, 4) is 0 Å². The van der Waals surface area contributed by atoms with Crippen LogP contribution in [0.2, 0.25) is 0 Å². The summed E-state index contributed by atoms with van der Waals surface area (Å²) in [5.41, 5.74) is 0. The SMILES string of the molecule is CCNC(=NCC(C)SC)N(C)CCC1CCOCC1. The van der Waals surface area contributed by atoms with Crippen LogP contribution < -0.4 is 5.32 Å². The molecule has 0 aromatic rings. The molecule has 0 aromatic carbocycles. The van der Waals surface area contributed by atoms with Gasteiger partial charge < -0.3 is 15.0 Å². The molecule has 1 rings (SSSR count). The van der Waals surface area contributed by atoms with Crippen molar-refractivity contribution in [1.82, 2.24) is 10.2 Å². The molecule has 1 aliphatic rings. The van der Waals surface area contributed by atoms with Crippen LogP contribution in [0, 0.1) is 5.92 Å². The molecule has 20 heavy (non-hydrogen) atoms. The van der Waals surface area contributed by atoms with Gasteiger partial charge in [-0.25, -0.2) is 0 Å². The largest absolute Gasteiger partial charge is 0.381 e. The smallest absolute Gasteiger partial charge is 0.193 e. The average Bonchev–Trinajstić information content (AvgIpc) is 2.49. The first-order valence-corrected chi connectivity index (χ1v) is 9.06. The van der Waals surface area contributed by atoms with Crippen molar-refractivity contribution in [3.05, 3.63) is 0 Å². The Bertz CT molecular complexity index is 280. The Morgan fingerprint density at radius 3 is 2.75 bits per heavy atom. The zero-order valence-corrected chi connectivity index (χ0v) is 14.3. The zero-order valence-electron chi connectivity index (χ0n) is 13.5. The minimum atomic E-state index is 0.576. The van der Waals surface area contributed by atoms with Crippen molar-refractivity contribution < 1.29 is 4.74 Å². The van der Waals surface area contributed by atoms with Crippen molar-refractivity contribution >= 4 is 17.7 Å². The summed E-state index contributed by atoms with van der Waals surface area (Å²) >= 11 is 1.87. The second-order valence-electron chi connectivity index (χ2n) is 5.51. The first-order valence-electron chi connectivity index (χ1n) is 7.77. The number of hydrogen-bond acceptors (Lipinski definition) is 3.